The van der Waals surface area contributed by atoms with Crippen molar-refractivity contribution in [2.75, 3.05) is 12.4 Å². The zero-order chi connectivity index (χ0) is 16.2. The predicted octanol–water partition coefficient (Wildman–Crippen LogP) is 3.42. The second kappa shape index (κ2) is 7.06. The summed E-state index contributed by atoms with van der Waals surface area (Å²) in [7, 11) is 1.67. The molecule has 6 heteroatoms. The van der Waals surface area contributed by atoms with Gasteiger partial charge in [-0.3, -0.25) is 0 Å². The molecule has 0 aliphatic carbocycles. The lowest BCUT2D eigenvalue weighted by molar-refractivity contribution is 0.0692. The molecule has 21 heavy (non-hydrogen) atoms. The number of urea groups is 1. The topological polar surface area (TPSA) is 69.6 Å². The van der Waals surface area contributed by atoms with Crippen molar-refractivity contribution in [2.24, 2.45) is 5.92 Å². The van der Waals surface area contributed by atoms with Gasteiger partial charge < -0.3 is 15.3 Å². The van der Waals surface area contributed by atoms with Crippen molar-refractivity contribution in [1.29, 1.82) is 0 Å². The van der Waals surface area contributed by atoms with Gasteiger partial charge in [0.25, 0.3) is 0 Å². The van der Waals surface area contributed by atoms with Gasteiger partial charge in [0.05, 0.1) is 5.56 Å². The molecule has 0 bridgehead atoms. The van der Waals surface area contributed by atoms with Gasteiger partial charge in [-0.05, 0) is 37.5 Å². The van der Waals surface area contributed by atoms with Crippen LogP contribution in [0.4, 0.5) is 14.9 Å². The van der Waals surface area contributed by atoms with Crippen molar-refractivity contribution in [2.45, 2.75) is 33.2 Å². The van der Waals surface area contributed by atoms with E-state index in [1.165, 1.54) is 6.07 Å². The Morgan fingerprint density at radius 2 is 1.95 bits per heavy atom. The summed E-state index contributed by atoms with van der Waals surface area (Å²) in [6.45, 7) is 6.08. The zero-order valence-electron chi connectivity index (χ0n) is 12.7. The van der Waals surface area contributed by atoms with Crippen LogP contribution in [0.5, 0.6) is 0 Å². The Balaban J connectivity index is 2.79. The highest BCUT2D eigenvalue weighted by Gasteiger charge is 2.18. The first-order valence-corrected chi connectivity index (χ1v) is 6.79. The average molecular weight is 296 g/mol. The summed E-state index contributed by atoms with van der Waals surface area (Å²) in [4.78, 5) is 24.5. The lowest BCUT2D eigenvalue weighted by atomic mass is 10.0. The van der Waals surface area contributed by atoms with E-state index in [1.54, 1.807) is 11.9 Å². The van der Waals surface area contributed by atoms with Crippen LogP contribution in [-0.4, -0.2) is 35.1 Å². The second-order valence-corrected chi connectivity index (χ2v) is 5.52. The van der Waals surface area contributed by atoms with E-state index in [2.05, 4.69) is 19.2 Å². The summed E-state index contributed by atoms with van der Waals surface area (Å²) >= 11 is 0. The van der Waals surface area contributed by atoms with Crippen LogP contribution in [-0.2, 0) is 0 Å². The highest BCUT2D eigenvalue weighted by molar-refractivity contribution is 5.93. The van der Waals surface area contributed by atoms with Crippen molar-refractivity contribution in [1.82, 2.24) is 4.90 Å². The van der Waals surface area contributed by atoms with Crippen LogP contribution in [0.15, 0.2) is 18.2 Å². The Kier molecular flexibility index (Phi) is 5.69. The van der Waals surface area contributed by atoms with Crippen LogP contribution < -0.4 is 5.32 Å². The number of carboxylic acids is 1. The van der Waals surface area contributed by atoms with Gasteiger partial charge in [-0.25, -0.2) is 14.0 Å². The Hall–Kier alpha value is -2.11. The summed E-state index contributed by atoms with van der Waals surface area (Å²) in [5.74, 6) is -1.74. The maximum absolute atomic E-state index is 13.3. The van der Waals surface area contributed by atoms with Gasteiger partial charge in [0.1, 0.15) is 5.82 Å². The van der Waals surface area contributed by atoms with E-state index in [1.807, 2.05) is 6.92 Å². The minimum atomic E-state index is -1.37. The number of carbonyl (C=O) groups is 2. The first-order valence-electron chi connectivity index (χ1n) is 6.79. The van der Waals surface area contributed by atoms with E-state index in [9.17, 15) is 14.0 Å². The normalized spacial score (nSPS) is 12.1. The largest absolute Gasteiger partial charge is 0.478 e. The van der Waals surface area contributed by atoms with Gasteiger partial charge in [0, 0.05) is 18.8 Å². The maximum atomic E-state index is 13.3. The number of hydrogen-bond donors (Lipinski definition) is 2. The molecule has 1 unspecified atom stereocenters. The molecule has 1 atom stereocenters. The monoisotopic (exact) mass is 296 g/mol. The molecule has 0 saturated heterocycles. The van der Waals surface area contributed by atoms with Gasteiger partial charge >= 0.3 is 12.0 Å². The van der Waals surface area contributed by atoms with E-state index >= 15 is 0 Å². The second-order valence-electron chi connectivity index (χ2n) is 5.52. The van der Waals surface area contributed by atoms with Gasteiger partial charge in [0.15, 0.2) is 0 Å². The summed E-state index contributed by atoms with van der Waals surface area (Å²) in [6.07, 6.45) is 0.855. The maximum Gasteiger partial charge on any atom is 0.338 e. The summed E-state index contributed by atoms with van der Waals surface area (Å²) < 4.78 is 13.3. The molecule has 0 aromatic heterocycles. The van der Waals surface area contributed by atoms with Gasteiger partial charge in [-0.1, -0.05) is 13.8 Å². The molecular formula is C15H21FN2O3. The van der Waals surface area contributed by atoms with Crippen molar-refractivity contribution in [3.05, 3.63) is 29.6 Å². The quantitative estimate of drug-likeness (QED) is 0.874. The highest BCUT2D eigenvalue weighted by Crippen LogP contribution is 2.16. The molecular weight excluding hydrogens is 275 g/mol. The molecule has 0 heterocycles. The standard InChI is InChI=1S/C15H21FN2O3/c1-9(2)7-10(3)18(4)15(21)17-11-5-6-13(16)12(8-11)14(19)20/h5-6,8-10H,7H2,1-4H3,(H,17,21)(H,19,20). The third kappa shape index (κ3) is 4.73. The Morgan fingerprint density at radius 1 is 1.33 bits per heavy atom. The van der Waals surface area contributed by atoms with Gasteiger partial charge in [-0.15, -0.1) is 0 Å². The molecule has 0 radical (unpaired) electrons. The minimum Gasteiger partial charge on any atom is -0.478 e. The molecule has 0 fully saturated rings. The Labute approximate surface area is 123 Å². The number of halogens is 1. The number of carbonyl (C=O) groups excluding carboxylic acids is 1. The number of carboxylic acid groups (broad SMARTS) is 1. The number of aromatic carboxylic acids is 1. The van der Waals surface area contributed by atoms with Gasteiger partial charge in [-0.2, -0.15) is 0 Å². The lowest BCUT2D eigenvalue weighted by Crippen LogP contribution is -2.38. The molecule has 2 N–H and O–H groups in total. The fraction of sp³-hybridized carbons (Fsp3) is 0.467. The smallest absolute Gasteiger partial charge is 0.338 e. The zero-order valence-corrected chi connectivity index (χ0v) is 12.7. The number of benzene rings is 1. The van der Waals surface area contributed by atoms with Crippen LogP contribution in [0, 0.1) is 11.7 Å². The highest BCUT2D eigenvalue weighted by atomic mass is 19.1. The van der Waals surface area contributed by atoms with Crippen molar-refractivity contribution in [3.63, 3.8) is 0 Å². The number of anilines is 1. The molecule has 116 valence electrons. The fourth-order valence-electron chi connectivity index (χ4n) is 2.02. The van der Waals surface area contributed by atoms with Crippen molar-refractivity contribution >= 4 is 17.7 Å². The SMILES string of the molecule is CC(C)CC(C)N(C)C(=O)Nc1ccc(F)c(C(=O)O)c1. The van der Waals surface area contributed by atoms with E-state index in [4.69, 9.17) is 5.11 Å². The van der Waals surface area contributed by atoms with E-state index < -0.39 is 17.3 Å². The molecule has 0 saturated carbocycles. The van der Waals surface area contributed by atoms with Crippen LogP contribution >= 0.6 is 0 Å². The number of nitrogens with one attached hydrogen (secondary N) is 1. The molecule has 0 aliphatic heterocycles. The third-order valence-electron chi connectivity index (χ3n) is 3.24. The molecule has 0 aliphatic rings. The fourth-order valence-corrected chi connectivity index (χ4v) is 2.02. The third-order valence-corrected chi connectivity index (χ3v) is 3.24. The molecule has 1 aromatic carbocycles. The van der Waals surface area contributed by atoms with Crippen LogP contribution in [0.25, 0.3) is 0 Å². The minimum absolute atomic E-state index is 0.0457. The summed E-state index contributed by atoms with van der Waals surface area (Å²) in [5, 5.41) is 11.4. The number of hydrogen-bond acceptors (Lipinski definition) is 2. The van der Waals surface area contributed by atoms with Crippen molar-refractivity contribution in [3.8, 4) is 0 Å². The molecule has 1 rings (SSSR count). The molecule has 5 nitrogen and oxygen atoms in total. The van der Waals surface area contributed by atoms with E-state index in [0.29, 0.717) is 5.92 Å². The Bertz CT molecular complexity index is 532. The van der Waals surface area contributed by atoms with E-state index in [0.717, 1.165) is 18.6 Å². The lowest BCUT2D eigenvalue weighted by Gasteiger charge is -2.26. The first kappa shape index (κ1) is 16.9. The van der Waals surface area contributed by atoms with Crippen molar-refractivity contribution < 1.29 is 19.1 Å². The number of rotatable bonds is 5. The Morgan fingerprint density at radius 3 is 2.48 bits per heavy atom. The van der Waals surface area contributed by atoms with E-state index in [-0.39, 0.29) is 17.8 Å². The van der Waals surface area contributed by atoms with Gasteiger partial charge in [0.2, 0.25) is 0 Å². The summed E-state index contributed by atoms with van der Waals surface area (Å²) in [6, 6.07) is 3.16. The summed E-state index contributed by atoms with van der Waals surface area (Å²) in [5.41, 5.74) is -0.215. The number of nitrogens with zero attached hydrogens (tertiary/aromatic N) is 1. The average Bonchev–Trinajstić information content (AvgIpc) is 2.38. The first-order chi connectivity index (χ1) is 9.72. The van der Waals surface area contributed by atoms with Crippen LogP contribution in [0.3, 0.4) is 0 Å². The molecule has 1 aromatic rings. The van der Waals surface area contributed by atoms with Crippen LogP contribution in [0.1, 0.15) is 37.6 Å². The molecule has 2 amide bonds. The number of amides is 2. The van der Waals surface area contributed by atoms with Crippen LogP contribution in [0.2, 0.25) is 0 Å². The predicted molar refractivity (Wildman–Crippen MR) is 79.1 cm³/mol. The molecule has 0 spiro atoms.